The standard InChI is InChI=1S/C13H26ClN/c1-2-3-6-9-15-11-13-8-5-4-7-12(13)10-14/h12-13,15H,2-11H2,1H3. The van der Waals surface area contributed by atoms with Crippen molar-refractivity contribution < 1.29 is 0 Å². The van der Waals surface area contributed by atoms with Gasteiger partial charge in [-0.05, 0) is 44.2 Å². The van der Waals surface area contributed by atoms with E-state index in [-0.39, 0.29) is 0 Å². The van der Waals surface area contributed by atoms with Gasteiger partial charge >= 0.3 is 0 Å². The molecule has 0 heterocycles. The highest BCUT2D eigenvalue weighted by molar-refractivity contribution is 6.18. The zero-order chi connectivity index (χ0) is 10.9. The van der Waals surface area contributed by atoms with Crippen molar-refractivity contribution in [3.8, 4) is 0 Å². The second-order valence-electron chi connectivity index (χ2n) is 4.87. The van der Waals surface area contributed by atoms with Gasteiger partial charge in [-0.25, -0.2) is 0 Å². The summed E-state index contributed by atoms with van der Waals surface area (Å²) in [6.45, 7) is 4.64. The molecule has 1 rings (SSSR count). The van der Waals surface area contributed by atoms with Gasteiger partial charge in [0, 0.05) is 5.88 Å². The quantitative estimate of drug-likeness (QED) is 0.519. The fourth-order valence-corrected chi connectivity index (χ4v) is 2.95. The summed E-state index contributed by atoms with van der Waals surface area (Å²) in [6.07, 6.45) is 9.54. The molecular formula is C13H26ClN. The van der Waals surface area contributed by atoms with E-state index < -0.39 is 0 Å². The number of nitrogens with one attached hydrogen (secondary N) is 1. The molecule has 1 saturated carbocycles. The van der Waals surface area contributed by atoms with Crippen molar-refractivity contribution in [1.82, 2.24) is 5.32 Å². The Balaban J connectivity index is 2.07. The molecule has 90 valence electrons. The van der Waals surface area contributed by atoms with Crippen molar-refractivity contribution in [3.63, 3.8) is 0 Å². The lowest BCUT2D eigenvalue weighted by molar-refractivity contribution is 0.251. The average Bonchev–Trinajstić information content (AvgIpc) is 2.29. The highest BCUT2D eigenvalue weighted by atomic mass is 35.5. The SMILES string of the molecule is CCCCCNCC1CCCCC1CCl. The monoisotopic (exact) mass is 231 g/mol. The van der Waals surface area contributed by atoms with Crippen LogP contribution in [0.5, 0.6) is 0 Å². The molecule has 1 aliphatic rings. The molecule has 2 atom stereocenters. The zero-order valence-corrected chi connectivity index (χ0v) is 10.9. The molecule has 15 heavy (non-hydrogen) atoms. The van der Waals surface area contributed by atoms with Crippen LogP contribution in [-0.2, 0) is 0 Å². The van der Waals surface area contributed by atoms with Gasteiger partial charge in [-0.3, -0.25) is 0 Å². The minimum atomic E-state index is 0.777. The van der Waals surface area contributed by atoms with E-state index in [0.29, 0.717) is 0 Å². The largest absolute Gasteiger partial charge is 0.316 e. The highest BCUT2D eigenvalue weighted by Crippen LogP contribution is 2.30. The van der Waals surface area contributed by atoms with E-state index in [9.17, 15) is 0 Å². The molecule has 0 aromatic rings. The van der Waals surface area contributed by atoms with E-state index in [2.05, 4.69) is 12.2 Å². The Kier molecular flexibility index (Phi) is 7.46. The van der Waals surface area contributed by atoms with Crippen LogP contribution in [0.4, 0.5) is 0 Å². The lowest BCUT2D eigenvalue weighted by Crippen LogP contribution is -2.31. The molecule has 1 aliphatic carbocycles. The average molecular weight is 232 g/mol. The van der Waals surface area contributed by atoms with Gasteiger partial charge in [-0.15, -0.1) is 11.6 Å². The van der Waals surface area contributed by atoms with Gasteiger partial charge in [-0.1, -0.05) is 32.6 Å². The van der Waals surface area contributed by atoms with E-state index in [0.717, 1.165) is 17.7 Å². The van der Waals surface area contributed by atoms with Crippen LogP contribution in [-0.4, -0.2) is 19.0 Å². The molecule has 0 amide bonds. The molecule has 0 radical (unpaired) electrons. The third-order valence-corrected chi connectivity index (χ3v) is 4.02. The zero-order valence-electron chi connectivity index (χ0n) is 10.1. The molecule has 2 heteroatoms. The van der Waals surface area contributed by atoms with Crippen LogP contribution in [0.2, 0.25) is 0 Å². The molecule has 1 nitrogen and oxygen atoms in total. The minimum absolute atomic E-state index is 0.777. The molecule has 0 aromatic carbocycles. The fourth-order valence-electron chi connectivity index (χ4n) is 2.54. The van der Waals surface area contributed by atoms with Gasteiger partial charge in [0.1, 0.15) is 0 Å². The van der Waals surface area contributed by atoms with Crippen LogP contribution in [0.25, 0.3) is 0 Å². The van der Waals surface area contributed by atoms with E-state index in [1.165, 1.54) is 58.0 Å². The normalized spacial score (nSPS) is 26.8. The third kappa shape index (κ3) is 5.21. The van der Waals surface area contributed by atoms with Gasteiger partial charge in [0.2, 0.25) is 0 Å². The van der Waals surface area contributed by atoms with Gasteiger partial charge < -0.3 is 5.32 Å². The summed E-state index contributed by atoms with van der Waals surface area (Å²) in [5.41, 5.74) is 0. The summed E-state index contributed by atoms with van der Waals surface area (Å²) in [6, 6.07) is 0. The maximum atomic E-state index is 6.01. The molecule has 0 aromatic heterocycles. The van der Waals surface area contributed by atoms with Crippen LogP contribution in [0, 0.1) is 11.8 Å². The first kappa shape index (κ1) is 13.3. The van der Waals surface area contributed by atoms with Crippen LogP contribution >= 0.6 is 11.6 Å². The van der Waals surface area contributed by atoms with Crippen LogP contribution in [0.3, 0.4) is 0 Å². The lowest BCUT2D eigenvalue weighted by atomic mass is 9.80. The molecular weight excluding hydrogens is 206 g/mol. The third-order valence-electron chi connectivity index (χ3n) is 3.63. The summed E-state index contributed by atoms with van der Waals surface area (Å²) < 4.78 is 0. The fraction of sp³-hybridized carbons (Fsp3) is 1.00. The van der Waals surface area contributed by atoms with E-state index in [1.54, 1.807) is 0 Å². The lowest BCUT2D eigenvalue weighted by Gasteiger charge is -2.30. The molecule has 0 saturated heterocycles. The van der Waals surface area contributed by atoms with E-state index in [4.69, 9.17) is 11.6 Å². The Labute approximate surface area is 100.0 Å². The summed E-state index contributed by atoms with van der Waals surface area (Å²) in [5, 5.41) is 3.60. The molecule has 0 bridgehead atoms. The number of unbranched alkanes of at least 4 members (excludes halogenated alkanes) is 2. The Morgan fingerprint density at radius 2 is 1.87 bits per heavy atom. The van der Waals surface area contributed by atoms with Crippen molar-refractivity contribution in [2.45, 2.75) is 51.9 Å². The Bertz CT molecular complexity index is 149. The van der Waals surface area contributed by atoms with Crippen molar-refractivity contribution in [2.75, 3.05) is 19.0 Å². The molecule has 2 unspecified atom stereocenters. The van der Waals surface area contributed by atoms with Crippen LogP contribution < -0.4 is 5.32 Å². The van der Waals surface area contributed by atoms with Crippen molar-refractivity contribution in [1.29, 1.82) is 0 Å². The number of rotatable bonds is 7. The summed E-state index contributed by atoms with van der Waals surface area (Å²) in [7, 11) is 0. The summed E-state index contributed by atoms with van der Waals surface area (Å²) in [5.74, 6) is 2.48. The first-order valence-corrected chi connectivity index (χ1v) is 7.18. The van der Waals surface area contributed by atoms with E-state index >= 15 is 0 Å². The number of hydrogen-bond donors (Lipinski definition) is 1. The van der Waals surface area contributed by atoms with Gasteiger partial charge in [0.15, 0.2) is 0 Å². The molecule has 1 fully saturated rings. The van der Waals surface area contributed by atoms with Crippen molar-refractivity contribution in [3.05, 3.63) is 0 Å². The van der Waals surface area contributed by atoms with Crippen molar-refractivity contribution >= 4 is 11.6 Å². The second-order valence-corrected chi connectivity index (χ2v) is 5.18. The maximum absolute atomic E-state index is 6.01. The van der Waals surface area contributed by atoms with Gasteiger partial charge in [0.05, 0.1) is 0 Å². The van der Waals surface area contributed by atoms with Gasteiger partial charge in [-0.2, -0.15) is 0 Å². The van der Waals surface area contributed by atoms with Crippen LogP contribution in [0.15, 0.2) is 0 Å². The first-order chi connectivity index (χ1) is 7.38. The summed E-state index contributed by atoms with van der Waals surface area (Å²) in [4.78, 5) is 0. The first-order valence-electron chi connectivity index (χ1n) is 6.65. The topological polar surface area (TPSA) is 12.0 Å². The molecule has 1 N–H and O–H groups in total. The maximum Gasteiger partial charge on any atom is 0.0254 e. The number of halogens is 1. The van der Waals surface area contributed by atoms with E-state index in [1.807, 2.05) is 0 Å². The predicted octanol–water partition coefficient (Wildman–Crippen LogP) is 3.81. The Hall–Kier alpha value is 0.250. The van der Waals surface area contributed by atoms with Crippen LogP contribution in [0.1, 0.15) is 51.9 Å². The smallest absolute Gasteiger partial charge is 0.0254 e. The Morgan fingerprint density at radius 3 is 2.53 bits per heavy atom. The molecule has 0 aliphatic heterocycles. The molecule has 0 spiro atoms. The minimum Gasteiger partial charge on any atom is -0.316 e. The predicted molar refractivity (Wildman–Crippen MR) is 68.6 cm³/mol. The number of hydrogen-bond acceptors (Lipinski definition) is 1. The second kappa shape index (κ2) is 8.41. The summed E-state index contributed by atoms with van der Waals surface area (Å²) >= 11 is 6.01. The Morgan fingerprint density at radius 1 is 1.13 bits per heavy atom. The number of alkyl halides is 1. The van der Waals surface area contributed by atoms with Gasteiger partial charge in [0.25, 0.3) is 0 Å². The highest BCUT2D eigenvalue weighted by Gasteiger charge is 2.23. The van der Waals surface area contributed by atoms with Crippen molar-refractivity contribution in [2.24, 2.45) is 11.8 Å².